The summed E-state index contributed by atoms with van der Waals surface area (Å²) in [6.07, 6.45) is 0. The van der Waals surface area contributed by atoms with Crippen molar-refractivity contribution in [1.29, 1.82) is 0 Å². The maximum Gasteiger partial charge on any atom is 0.303 e. The summed E-state index contributed by atoms with van der Waals surface area (Å²) < 4.78 is 9.33. The second-order valence-electron chi connectivity index (χ2n) is 3.47. The van der Waals surface area contributed by atoms with E-state index in [0.29, 0.717) is 5.75 Å². The van der Waals surface area contributed by atoms with Crippen molar-refractivity contribution in [1.82, 2.24) is 0 Å². The number of hydrogen-bond acceptors (Lipinski definition) is 6. The largest absolute Gasteiger partial charge is 0.496 e. The summed E-state index contributed by atoms with van der Waals surface area (Å²) in [6.45, 7) is 0.654. The van der Waals surface area contributed by atoms with E-state index >= 15 is 0 Å². The van der Waals surface area contributed by atoms with E-state index in [2.05, 4.69) is 10.1 Å². The molecule has 0 aromatic heterocycles. The Labute approximate surface area is 108 Å². The second kappa shape index (κ2) is 6.34. The number of esters is 1. The molecule has 0 saturated heterocycles. The van der Waals surface area contributed by atoms with Crippen LogP contribution in [-0.4, -0.2) is 30.5 Å². The summed E-state index contributed by atoms with van der Waals surface area (Å²) in [6, 6.07) is 3.98. The Bertz CT molecular complexity index is 514. The number of nitrogens with zero attached hydrogens (tertiary/aromatic N) is 1. The lowest BCUT2D eigenvalue weighted by molar-refractivity contribution is -0.384. The summed E-state index contributed by atoms with van der Waals surface area (Å²) >= 11 is 0. The van der Waals surface area contributed by atoms with E-state index in [4.69, 9.17) is 4.74 Å². The van der Waals surface area contributed by atoms with E-state index < -0.39 is 23.4 Å². The molecular weight excluding hydrogens is 256 g/mol. The predicted octanol–water partition coefficient (Wildman–Crippen LogP) is 1.10. The van der Waals surface area contributed by atoms with Crippen LogP contribution in [-0.2, 0) is 14.3 Å². The fourth-order valence-electron chi connectivity index (χ4n) is 1.25. The Balaban J connectivity index is 2.85. The molecule has 0 bridgehead atoms. The van der Waals surface area contributed by atoms with Crippen LogP contribution in [0.1, 0.15) is 6.92 Å². The molecule has 0 aliphatic carbocycles. The van der Waals surface area contributed by atoms with Gasteiger partial charge >= 0.3 is 5.97 Å². The summed E-state index contributed by atoms with van der Waals surface area (Å²) in [7, 11) is 1.37. The third-order valence-corrected chi connectivity index (χ3v) is 2.08. The van der Waals surface area contributed by atoms with Crippen molar-refractivity contribution in [2.45, 2.75) is 6.92 Å². The SMILES string of the molecule is COc1ccc(NC(=O)COC(C)=O)c([N+](=O)[O-])c1. The van der Waals surface area contributed by atoms with Gasteiger partial charge in [-0.05, 0) is 12.1 Å². The van der Waals surface area contributed by atoms with Gasteiger partial charge in [0.25, 0.3) is 11.6 Å². The minimum atomic E-state index is -0.663. The van der Waals surface area contributed by atoms with Gasteiger partial charge in [-0.3, -0.25) is 19.7 Å². The number of hydrogen-bond donors (Lipinski definition) is 1. The van der Waals surface area contributed by atoms with Crippen molar-refractivity contribution in [3.05, 3.63) is 28.3 Å². The number of nitro benzene ring substituents is 1. The average molecular weight is 268 g/mol. The monoisotopic (exact) mass is 268 g/mol. The zero-order valence-corrected chi connectivity index (χ0v) is 10.3. The molecule has 0 aliphatic heterocycles. The fraction of sp³-hybridized carbons (Fsp3) is 0.273. The first-order valence-corrected chi connectivity index (χ1v) is 5.19. The molecule has 102 valence electrons. The van der Waals surface area contributed by atoms with E-state index in [1.165, 1.54) is 25.3 Å². The van der Waals surface area contributed by atoms with Crippen LogP contribution in [0.2, 0.25) is 0 Å². The van der Waals surface area contributed by atoms with Crippen molar-refractivity contribution in [2.24, 2.45) is 0 Å². The third kappa shape index (κ3) is 4.26. The number of rotatable bonds is 5. The maximum atomic E-state index is 11.4. The summed E-state index contributed by atoms with van der Waals surface area (Å²) in [5.41, 5.74) is -0.307. The van der Waals surface area contributed by atoms with Gasteiger partial charge in [-0.2, -0.15) is 0 Å². The van der Waals surface area contributed by atoms with Gasteiger partial charge in [0.1, 0.15) is 11.4 Å². The number of anilines is 1. The van der Waals surface area contributed by atoms with Crippen molar-refractivity contribution in [2.75, 3.05) is 19.0 Å². The van der Waals surface area contributed by atoms with Gasteiger partial charge in [0.2, 0.25) is 0 Å². The van der Waals surface area contributed by atoms with E-state index in [1.54, 1.807) is 0 Å². The highest BCUT2D eigenvalue weighted by molar-refractivity contribution is 5.94. The third-order valence-electron chi connectivity index (χ3n) is 2.08. The van der Waals surface area contributed by atoms with E-state index in [1.807, 2.05) is 0 Å². The number of ether oxygens (including phenoxy) is 2. The van der Waals surface area contributed by atoms with Gasteiger partial charge in [0.05, 0.1) is 18.1 Å². The van der Waals surface area contributed by atoms with Crippen LogP contribution in [0.5, 0.6) is 5.75 Å². The number of benzene rings is 1. The molecule has 0 aliphatic rings. The lowest BCUT2D eigenvalue weighted by Gasteiger charge is -2.07. The zero-order chi connectivity index (χ0) is 14.4. The van der Waals surface area contributed by atoms with Crippen molar-refractivity contribution in [3.8, 4) is 5.75 Å². The molecule has 1 rings (SSSR count). The summed E-state index contributed by atoms with van der Waals surface area (Å²) in [4.78, 5) is 32.1. The van der Waals surface area contributed by atoms with Crippen LogP contribution < -0.4 is 10.1 Å². The minimum Gasteiger partial charge on any atom is -0.496 e. The highest BCUT2D eigenvalue weighted by Crippen LogP contribution is 2.28. The van der Waals surface area contributed by atoms with Gasteiger partial charge in [-0.25, -0.2) is 0 Å². The molecule has 8 nitrogen and oxygen atoms in total. The van der Waals surface area contributed by atoms with Crippen LogP contribution in [0.25, 0.3) is 0 Å². The molecular formula is C11H12N2O6. The second-order valence-corrected chi connectivity index (χ2v) is 3.47. The van der Waals surface area contributed by atoms with Crippen molar-refractivity contribution >= 4 is 23.3 Å². The summed E-state index contributed by atoms with van der Waals surface area (Å²) in [5.74, 6) is -0.979. The maximum absolute atomic E-state index is 11.4. The Morgan fingerprint density at radius 3 is 2.63 bits per heavy atom. The molecule has 0 spiro atoms. The van der Waals surface area contributed by atoms with Crippen LogP contribution >= 0.6 is 0 Å². The fourth-order valence-corrected chi connectivity index (χ4v) is 1.25. The topological polar surface area (TPSA) is 108 Å². The van der Waals surface area contributed by atoms with Gasteiger partial charge in [0.15, 0.2) is 6.61 Å². The molecule has 0 saturated carbocycles. The van der Waals surface area contributed by atoms with E-state index in [0.717, 1.165) is 6.92 Å². The first-order chi connectivity index (χ1) is 8.93. The Morgan fingerprint density at radius 2 is 2.11 bits per heavy atom. The number of nitrogens with one attached hydrogen (secondary N) is 1. The summed E-state index contributed by atoms with van der Waals surface area (Å²) in [5, 5.41) is 13.1. The molecule has 8 heteroatoms. The van der Waals surface area contributed by atoms with Gasteiger partial charge in [0, 0.05) is 6.92 Å². The number of carbonyl (C=O) groups is 2. The molecule has 1 aromatic rings. The van der Waals surface area contributed by atoms with Crippen molar-refractivity contribution < 1.29 is 24.0 Å². The first-order valence-electron chi connectivity index (χ1n) is 5.19. The molecule has 0 heterocycles. The molecule has 1 N–H and O–H groups in total. The lowest BCUT2D eigenvalue weighted by atomic mass is 10.2. The Kier molecular flexibility index (Phi) is 4.81. The number of carbonyl (C=O) groups excluding carboxylic acids is 2. The minimum absolute atomic E-state index is 0.00273. The normalized spacial score (nSPS) is 9.58. The quantitative estimate of drug-likeness (QED) is 0.486. The number of nitro groups is 1. The Hall–Kier alpha value is -2.64. The van der Waals surface area contributed by atoms with Gasteiger partial charge in [-0.15, -0.1) is 0 Å². The molecule has 0 atom stereocenters. The van der Waals surface area contributed by atoms with Crippen LogP contribution in [0.4, 0.5) is 11.4 Å². The highest BCUT2D eigenvalue weighted by atomic mass is 16.6. The molecule has 0 unspecified atom stereocenters. The smallest absolute Gasteiger partial charge is 0.303 e. The predicted molar refractivity (Wildman–Crippen MR) is 64.9 cm³/mol. The van der Waals surface area contributed by atoms with E-state index in [-0.39, 0.29) is 11.4 Å². The van der Waals surface area contributed by atoms with Crippen LogP contribution in [0, 0.1) is 10.1 Å². The van der Waals surface area contributed by atoms with E-state index in [9.17, 15) is 19.7 Å². The molecule has 1 aromatic carbocycles. The Morgan fingerprint density at radius 1 is 1.42 bits per heavy atom. The number of methoxy groups -OCH3 is 1. The molecule has 0 fully saturated rings. The molecule has 0 radical (unpaired) electrons. The van der Waals surface area contributed by atoms with Gasteiger partial charge < -0.3 is 14.8 Å². The zero-order valence-electron chi connectivity index (χ0n) is 10.3. The first kappa shape index (κ1) is 14.4. The molecule has 1 amide bonds. The van der Waals surface area contributed by atoms with Crippen LogP contribution in [0.15, 0.2) is 18.2 Å². The average Bonchev–Trinajstić information content (AvgIpc) is 2.36. The molecule has 19 heavy (non-hydrogen) atoms. The highest BCUT2D eigenvalue weighted by Gasteiger charge is 2.17. The lowest BCUT2D eigenvalue weighted by Crippen LogP contribution is -2.20. The standard InChI is InChI=1S/C11H12N2O6/c1-7(14)19-6-11(15)12-9-4-3-8(18-2)5-10(9)13(16)17/h3-5H,6H2,1-2H3,(H,12,15). The van der Waals surface area contributed by atoms with Crippen LogP contribution in [0.3, 0.4) is 0 Å². The number of amides is 1. The van der Waals surface area contributed by atoms with Gasteiger partial charge in [-0.1, -0.05) is 0 Å². The van der Waals surface area contributed by atoms with Crippen molar-refractivity contribution in [3.63, 3.8) is 0 Å².